The van der Waals surface area contributed by atoms with Gasteiger partial charge in [-0.25, -0.2) is 4.79 Å². The van der Waals surface area contributed by atoms with Crippen LogP contribution >= 0.6 is 0 Å². The molecule has 2 aliphatic rings. The zero-order valence-corrected chi connectivity index (χ0v) is 19.5. The number of nitrogens with one attached hydrogen (secondary N) is 1. The van der Waals surface area contributed by atoms with Gasteiger partial charge in [-0.1, -0.05) is 54.6 Å². The van der Waals surface area contributed by atoms with E-state index in [1.807, 2.05) is 63.2 Å². The van der Waals surface area contributed by atoms with Crippen LogP contribution in [0.3, 0.4) is 0 Å². The standard InChI is InChI=1S/C27H31N3O3/c1-27(2,3)33-26(32)30-23-14-13-21(16-23)24(30)25(31)29-22(17-28)15-18-9-11-20(12-10-18)19-7-5-4-6-8-19/h4-12,21-24H,13-16H2,1-3H3,(H,29,31)/t21-,22-,23+,24-/m0/s1. The summed E-state index contributed by atoms with van der Waals surface area (Å²) in [6, 6.07) is 19.1. The average molecular weight is 446 g/mol. The fourth-order valence-corrected chi connectivity index (χ4v) is 4.99. The minimum atomic E-state index is -0.667. The normalized spacial score (nSPS) is 22.5. The molecular weight excluding hydrogens is 414 g/mol. The number of hydrogen-bond donors (Lipinski definition) is 1. The van der Waals surface area contributed by atoms with Gasteiger partial charge < -0.3 is 10.1 Å². The van der Waals surface area contributed by atoms with Crippen molar-refractivity contribution in [2.24, 2.45) is 5.92 Å². The lowest BCUT2D eigenvalue weighted by Gasteiger charge is -2.35. The predicted molar refractivity (Wildman–Crippen MR) is 126 cm³/mol. The molecule has 0 radical (unpaired) electrons. The van der Waals surface area contributed by atoms with Crippen LogP contribution < -0.4 is 5.32 Å². The van der Waals surface area contributed by atoms with E-state index in [4.69, 9.17) is 4.74 Å². The van der Waals surface area contributed by atoms with Crippen LogP contribution in [0.2, 0.25) is 0 Å². The molecule has 2 bridgehead atoms. The summed E-state index contributed by atoms with van der Waals surface area (Å²) in [5.41, 5.74) is 2.58. The summed E-state index contributed by atoms with van der Waals surface area (Å²) in [5, 5.41) is 12.6. The topological polar surface area (TPSA) is 82.4 Å². The molecule has 1 saturated carbocycles. The van der Waals surface area contributed by atoms with Crippen LogP contribution in [0.4, 0.5) is 4.79 Å². The highest BCUT2D eigenvalue weighted by atomic mass is 16.6. The Morgan fingerprint density at radius 2 is 1.76 bits per heavy atom. The maximum atomic E-state index is 13.2. The molecule has 6 nitrogen and oxygen atoms in total. The molecule has 6 heteroatoms. The van der Waals surface area contributed by atoms with Crippen molar-refractivity contribution < 1.29 is 14.3 Å². The number of carbonyl (C=O) groups is 2. The highest BCUT2D eigenvalue weighted by molar-refractivity contribution is 5.87. The molecular formula is C27H31N3O3. The van der Waals surface area contributed by atoms with Gasteiger partial charge in [-0.2, -0.15) is 5.26 Å². The van der Waals surface area contributed by atoms with Crippen molar-refractivity contribution in [2.45, 2.75) is 70.2 Å². The van der Waals surface area contributed by atoms with Gasteiger partial charge in [-0.3, -0.25) is 9.69 Å². The second-order valence-electron chi connectivity index (χ2n) is 10.0. The number of hydrogen-bond acceptors (Lipinski definition) is 4. The quantitative estimate of drug-likeness (QED) is 0.724. The Morgan fingerprint density at radius 1 is 1.09 bits per heavy atom. The highest BCUT2D eigenvalue weighted by Gasteiger charge is 2.52. The van der Waals surface area contributed by atoms with E-state index in [2.05, 4.69) is 23.5 Å². The van der Waals surface area contributed by atoms with Crippen molar-refractivity contribution >= 4 is 12.0 Å². The Kier molecular flexibility index (Phi) is 6.42. The number of nitrogens with zero attached hydrogens (tertiary/aromatic N) is 2. The van der Waals surface area contributed by atoms with E-state index in [0.29, 0.717) is 6.42 Å². The number of ether oxygens (including phenoxy) is 1. The molecule has 4 atom stereocenters. The molecule has 172 valence electrons. The molecule has 2 aromatic rings. The minimum Gasteiger partial charge on any atom is -0.444 e. The maximum absolute atomic E-state index is 13.2. The van der Waals surface area contributed by atoms with E-state index >= 15 is 0 Å². The van der Waals surface area contributed by atoms with Gasteiger partial charge >= 0.3 is 6.09 Å². The number of rotatable bonds is 5. The van der Waals surface area contributed by atoms with Gasteiger partial charge in [0.2, 0.25) is 5.91 Å². The Balaban J connectivity index is 1.42. The molecule has 2 fully saturated rings. The maximum Gasteiger partial charge on any atom is 0.411 e. The summed E-state index contributed by atoms with van der Waals surface area (Å²) in [5.74, 6) is -0.146. The van der Waals surface area contributed by atoms with Gasteiger partial charge in [0, 0.05) is 12.5 Å². The first kappa shape index (κ1) is 22.8. The van der Waals surface area contributed by atoms with Gasteiger partial charge in [-0.05, 0) is 62.6 Å². The van der Waals surface area contributed by atoms with Crippen molar-refractivity contribution in [3.05, 3.63) is 60.2 Å². The Bertz CT molecular complexity index is 1040. The smallest absolute Gasteiger partial charge is 0.411 e. The van der Waals surface area contributed by atoms with Gasteiger partial charge in [0.1, 0.15) is 17.7 Å². The predicted octanol–water partition coefficient (Wildman–Crippen LogP) is 4.69. The highest BCUT2D eigenvalue weighted by Crippen LogP contribution is 2.43. The molecule has 0 unspecified atom stereocenters. The van der Waals surface area contributed by atoms with E-state index in [1.54, 1.807) is 4.90 Å². The first-order valence-corrected chi connectivity index (χ1v) is 11.6. The van der Waals surface area contributed by atoms with Crippen molar-refractivity contribution in [3.63, 3.8) is 0 Å². The summed E-state index contributed by atoms with van der Waals surface area (Å²) >= 11 is 0. The number of nitriles is 1. The number of benzene rings is 2. The summed E-state index contributed by atoms with van der Waals surface area (Å²) in [6.07, 6.45) is 2.59. The molecule has 2 amide bonds. The zero-order chi connectivity index (χ0) is 23.6. The lowest BCUT2D eigenvalue weighted by atomic mass is 9.97. The van der Waals surface area contributed by atoms with Gasteiger partial charge in [0.05, 0.1) is 6.07 Å². The van der Waals surface area contributed by atoms with Crippen LogP contribution in [0.15, 0.2) is 54.6 Å². The molecule has 0 spiro atoms. The molecule has 33 heavy (non-hydrogen) atoms. The second-order valence-corrected chi connectivity index (χ2v) is 10.0. The van der Waals surface area contributed by atoms with Crippen LogP contribution in [-0.2, 0) is 16.0 Å². The van der Waals surface area contributed by atoms with E-state index in [0.717, 1.165) is 36.0 Å². The molecule has 1 N–H and O–H groups in total. The molecule has 1 aliphatic heterocycles. The Morgan fingerprint density at radius 3 is 2.39 bits per heavy atom. The molecule has 4 rings (SSSR count). The lowest BCUT2D eigenvalue weighted by Crippen LogP contribution is -2.55. The van der Waals surface area contributed by atoms with Crippen LogP contribution in [0, 0.1) is 17.2 Å². The minimum absolute atomic E-state index is 0.0340. The fourth-order valence-electron chi connectivity index (χ4n) is 4.99. The number of carbonyl (C=O) groups excluding carboxylic acids is 2. The Hall–Kier alpha value is -3.33. The molecule has 0 aromatic heterocycles. The Labute approximate surface area is 195 Å². The van der Waals surface area contributed by atoms with Crippen LogP contribution in [-0.4, -0.2) is 40.6 Å². The van der Waals surface area contributed by atoms with E-state index in [9.17, 15) is 14.9 Å². The zero-order valence-electron chi connectivity index (χ0n) is 19.5. The molecule has 1 aliphatic carbocycles. The van der Waals surface area contributed by atoms with Gasteiger partial charge in [-0.15, -0.1) is 0 Å². The first-order chi connectivity index (χ1) is 15.7. The summed E-state index contributed by atoms with van der Waals surface area (Å²) < 4.78 is 5.57. The summed E-state index contributed by atoms with van der Waals surface area (Å²) in [6.45, 7) is 5.47. The van der Waals surface area contributed by atoms with Gasteiger partial charge in [0.25, 0.3) is 0 Å². The summed E-state index contributed by atoms with van der Waals surface area (Å²) in [4.78, 5) is 27.6. The van der Waals surface area contributed by atoms with Crippen LogP contribution in [0.1, 0.15) is 45.6 Å². The third kappa shape index (κ3) is 5.19. The average Bonchev–Trinajstić information content (AvgIpc) is 3.40. The second kappa shape index (κ2) is 9.27. The third-order valence-electron chi connectivity index (χ3n) is 6.43. The molecule has 1 heterocycles. The third-order valence-corrected chi connectivity index (χ3v) is 6.43. The van der Waals surface area contributed by atoms with Crippen molar-refractivity contribution in [2.75, 3.05) is 0 Å². The number of piperidine rings is 1. The number of amides is 2. The summed E-state index contributed by atoms with van der Waals surface area (Å²) in [7, 11) is 0. The van der Waals surface area contributed by atoms with Crippen LogP contribution in [0.25, 0.3) is 11.1 Å². The first-order valence-electron chi connectivity index (χ1n) is 11.6. The van der Waals surface area contributed by atoms with Crippen LogP contribution in [0.5, 0.6) is 0 Å². The monoisotopic (exact) mass is 445 g/mol. The van der Waals surface area contributed by atoms with E-state index < -0.39 is 23.8 Å². The number of likely N-dealkylation sites (tertiary alicyclic amines) is 1. The molecule has 1 saturated heterocycles. The fraction of sp³-hybridized carbons (Fsp3) is 0.444. The SMILES string of the molecule is CC(C)(C)OC(=O)N1[C@@H]2CC[C@@H](C2)[C@H]1C(=O)N[C@H](C#N)Cc1ccc(-c2ccccc2)cc1. The lowest BCUT2D eigenvalue weighted by molar-refractivity contribution is -0.128. The van der Waals surface area contributed by atoms with Gasteiger partial charge in [0.15, 0.2) is 0 Å². The van der Waals surface area contributed by atoms with E-state index in [-0.39, 0.29) is 17.9 Å². The van der Waals surface area contributed by atoms with Crippen molar-refractivity contribution in [1.29, 1.82) is 5.26 Å². The van der Waals surface area contributed by atoms with Crippen molar-refractivity contribution in [1.82, 2.24) is 10.2 Å². The molecule has 2 aromatic carbocycles. The number of fused-ring (bicyclic) bond motifs is 2. The van der Waals surface area contributed by atoms with Crippen molar-refractivity contribution in [3.8, 4) is 17.2 Å². The largest absolute Gasteiger partial charge is 0.444 e. The van der Waals surface area contributed by atoms with E-state index in [1.165, 1.54) is 0 Å².